The van der Waals surface area contributed by atoms with Crippen molar-refractivity contribution in [3.63, 3.8) is 0 Å². The van der Waals surface area contributed by atoms with E-state index in [4.69, 9.17) is 4.42 Å². The first kappa shape index (κ1) is 20.4. The molecule has 7 nitrogen and oxygen atoms in total. The smallest absolute Gasteiger partial charge is 0.416 e. The summed E-state index contributed by atoms with van der Waals surface area (Å²) < 4.78 is 43.0. The molecule has 29 heavy (non-hydrogen) atoms. The third kappa shape index (κ3) is 4.92. The van der Waals surface area contributed by atoms with Crippen LogP contribution >= 0.6 is 0 Å². The van der Waals surface area contributed by atoms with E-state index in [0.717, 1.165) is 12.1 Å². The number of benzene rings is 2. The first-order valence-electron chi connectivity index (χ1n) is 8.43. The average molecular weight is 406 g/mol. The van der Waals surface area contributed by atoms with E-state index in [1.54, 1.807) is 25.1 Å². The van der Waals surface area contributed by atoms with Crippen molar-refractivity contribution in [3.05, 3.63) is 77.5 Å². The topological polar surface area (TPSA) is 99.4 Å². The van der Waals surface area contributed by atoms with Gasteiger partial charge in [-0.05, 0) is 43.3 Å². The lowest BCUT2D eigenvalue weighted by Gasteiger charge is -2.15. The van der Waals surface area contributed by atoms with Gasteiger partial charge in [0.1, 0.15) is 11.5 Å². The lowest BCUT2D eigenvalue weighted by Crippen LogP contribution is -2.40. The minimum atomic E-state index is -4.43. The van der Waals surface area contributed by atoms with Crippen LogP contribution in [0.2, 0.25) is 0 Å². The molecule has 0 bridgehead atoms. The van der Waals surface area contributed by atoms with Gasteiger partial charge in [0.2, 0.25) is 0 Å². The van der Waals surface area contributed by atoms with Gasteiger partial charge < -0.3 is 14.8 Å². The minimum Gasteiger partial charge on any atom is -0.448 e. The second-order valence-corrected chi connectivity index (χ2v) is 6.04. The van der Waals surface area contributed by atoms with Crippen LogP contribution in [0.1, 0.15) is 33.6 Å². The molecule has 1 aromatic heterocycles. The molecule has 0 aliphatic carbocycles. The van der Waals surface area contributed by atoms with Crippen molar-refractivity contribution in [2.45, 2.75) is 19.3 Å². The van der Waals surface area contributed by atoms with Gasteiger partial charge in [-0.1, -0.05) is 12.1 Å². The Labute approximate surface area is 163 Å². The molecule has 1 amide bonds. The molecule has 0 aliphatic heterocycles. The van der Waals surface area contributed by atoms with Gasteiger partial charge in [0.15, 0.2) is 12.6 Å². The van der Waals surface area contributed by atoms with Gasteiger partial charge in [0.05, 0.1) is 16.8 Å². The van der Waals surface area contributed by atoms with Crippen LogP contribution in [0.5, 0.6) is 0 Å². The van der Waals surface area contributed by atoms with Gasteiger partial charge in [-0.15, -0.1) is 0 Å². The highest BCUT2D eigenvalue weighted by molar-refractivity contribution is 6.00. The fourth-order valence-corrected chi connectivity index (χ4v) is 2.53. The van der Waals surface area contributed by atoms with Crippen LogP contribution in [0.4, 0.5) is 24.5 Å². The molecule has 0 fully saturated rings. The second kappa shape index (κ2) is 8.33. The van der Waals surface area contributed by atoms with Crippen molar-refractivity contribution in [3.8, 4) is 0 Å². The van der Waals surface area contributed by atoms with Crippen LogP contribution in [0.25, 0.3) is 0 Å². The Hall–Kier alpha value is -3.37. The van der Waals surface area contributed by atoms with Crippen LogP contribution in [-0.4, -0.2) is 16.0 Å². The molecule has 2 aromatic carbocycles. The summed E-state index contributed by atoms with van der Waals surface area (Å²) in [5.41, 5.74) is 5.20. The molecule has 0 radical (unpaired) electrons. The Bertz CT molecular complexity index is 987. The number of amides is 1. The summed E-state index contributed by atoms with van der Waals surface area (Å²) in [7, 11) is 0. The van der Waals surface area contributed by atoms with E-state index in [0.29, 0.717) is 17.1 Å². The number of carbonyl (C=O) groups excluding carboxylic acids is 1. The number of aromatic nitrogens is 1. The van der Waals surface area contributed by atoms with Crippen molar-refractivity contribution in [2.24, 2.45) is 0 Å². The lowest BCUT2D eigenvalue weighted by molar-refractivity contribution is -0.137. The number of carbonyl (C=O) groups is 1. The molecule has 1 atom stereocenters. The lowest BCUT2D eigenvalue weighted by atomic mass is 10.1. The zero-order chi connectivity index (χ0) is 21.0. The number of anilines is 2. The normalized spacial score (nSPS) is 12.4. The van der Waals surface area contributed by atoms with Gasteiger partial charge in [-0.2, -0.15) is 13.2 Å². The SMILES string of the molecule is Cc1ocnc1C(O)NNC(=O)c1ccccc1Nc1ccc(C(F)(F)F)cc1. The number of alkyl halides is 3. The monoisotopic (exact) mass is 406 g/mol. The fourth-order valence-electron chi connectivity index (χ4n) is 2.53. The molecule has 1 unspecified atom stereocenters. The molecular formula is C19H17F3N4O3. The summed E-state index contributed by atoms with van der Waals surface area (Å²) in [4.78, 5) is 16.3. The van der Waals surface area contributed by atoms with Gasteiger partial charge in [0.25, 0.3) is 5.91 Å². The molecule has 0 spiro atoms. The summed E-state index contributed by atoms with van der Waals surface area (Å²) in [6.07, 6.45) is -4.54. The molecule has 10 heteroatoms. The number of halogens is 3. The van der Waals surface area contributed by atoms with E-state index in [2.05, 4.69) is 21.2 Å². The maximum absolute atomic E-state index is 12.7. The molecule has 0 saturated heterocycles. The number of hydrogen-bond donors (Lipinski definition) is 4. The number of aliphatic hydroxyl groups excluding tert-OH is 1. The van der Waals surface area contributed by atoms with E-state index in [9.17, 15) is 23.1 Å². The fraction of sp³-hybridized carbons (Fsp3) is 0.158. The van der Waals surface area contributed by atoms with Crippen LogP contribution in [0, 0.1) is 6.92 Å². The van der Waals surface area contributed by atoms with Crippen molar-refractivity contribution < 1.29 is 27.5 Å². The van der Waals surface area contributed by atoms with E-state index in [1.165, 1.54) is 24.6 Å². The predicted octanol–water partition coefficient (Wildman–Crippen LogP) is 3.67. The van der Waals surface area contributed by atoms with Crippen LogP contribution in [0.15, 0.2) is 59.3 Å². The Balaban J connectivity index is 1.70. The Morgan fingerprint density at radius 1 is 1.14 bits per heavy atom. The quantitative estimate of drug-likeness (QED) is 0.368. The highest BCUT2D eigenvalue weighted by atomic mass is 19.4. The van der Waals surface area contributed by atoms with Crippen molar-refractivity contribution in [1.29, 1.82) is 0 Å². The molecular weight excluding hydrogens is 389 g/mol. The molecule has 152 valence electrons. The summed E-state index contributed by atoms with van der Waals surface area (Å²) in [5.74, 6) is -0.177. The predicted molar refractivity (Wildman–Crippen MR) is 98.0 cm³/mol. The first-order valence-corrected chi connectivity index (χ1v) is 8.43. The second-order valence-electron chi connectivity index (χ2n) is 6.04. The number of aliphatic hydroxyl groups is 1. The average Bonchev–Trinajstić information content (AvgIpc) is 3.12. The molecule has 1 heterocycles. The van der Waals surface area contributed by atoms with E-state index >= 15 is 0 Å². The Morgan fingerprint density at radius 3 is 2.45 bits per heavy atom. The number of hydrogen-bond acceptors (Lipinski definition) is 6. The first-order chi connectivity index (χ1) is 13.8. The van der Waals surface area contributed by atoms with Crippen LogP contribution in [-0.2, 0) is 6.18 Å². The molecule has 4 N–H and O–H groups in total. The number of oxazole rings is 1. The molecule has 0 saturated carbocycles. The van der Waals surface area contributed by atoms with Crippen molar-refractivity contribution in [2.75, 3.05) is 5.32 Å². The number of hydrazine groups is 1. The number of nitrogens with one attached hydrogen (secondary N) is 3. The minimum absolute atomic E-state index is 0.212. The van der Waals surface area contributed by atoms with E-state index in [1.807, 2.05) is 0 Å². The molecule has 3 aromatic rings. The highest BCUT2D eigenvalue weighted by Crippen LogP contribution is 2.30. The third-order valence-electron chi connectivity index (χ3n) is 4.03. The summed E-state index contributed by atoms with van der Waals surface area (Å²) in [5, 5.41) is 12.9. The summed E-state index contributed by atoms with van der Waals surface area (Å²) in [6.45, 7) is 1.61. The van der Waals surface area contributed by atoms with Crippen molar-refractivity contribution >= 4 is 17.3 Å². The number of aryl methyl sites for hydroxylation is 1. The summed E-state index contributed by atoms with van der Waals surface area (Å²) >= 11 is 0. The van der Waals surface area contributed by atoms with Crippen molar-refractivity contribution in [1.82, 2.24) is 15.8 Å². The largest absolute Gasteiger partial charge is 0.448 e. The van der Waals surface area contributed by atoms with Crippen LogP contribution < -0.4 is 16.2 Å². The number of para-hydroxylation sites is 1. The van der Waals surface area contributed by atoms with E-state index < -0.39 is 23.9 Å². The maximum Gasteiger partial charge on any atom is 0.416 e. The zero-order valence-electron chi connectivity index (χ0n) is 15.1. The molecule has 0 aliphatic rings. The standard InChI is InChI=1S/C19H17F3N4O3/c1-11-16(23-10-29-11)18(28)26-25-17(27)14-4-2-3-5-15(14)24-13-8-6-12(7-9-13)19(20,21)22/h2-10,18,24,26,28H,1H3,(H,25,27). The van der Waals surface area contributed by atoms with Gasteiger partial charge in [0, 0.05) is 5.69 Å². The Kier molecular flexibility index (Phi) is 5.85. The number of nitrogens with zero attached hydrogens (tertiary/aromatic N) is 1. The van der Waals surface area contributed by atoms with Gasteiger partial charge in [-0.3, -0.25) is 10.2 Å². The Morgan fingerprint density at radius 2 is 1.83 bits per heavy atom. The van der Waals surface area contributed by atoms with Crippen LogP contribution in [0.3, 0.4) is 0 Å². The third-order valence-corrected chi connectivity index (χ3v) is 4.03. The number of rotatable bonds is 6. The maximum atomic E-state index is 12.7. The zero-order valence-corrected chi connectivity index (χ0v) is 15.1. The summed E-state index contributed by atoms with van der Waals surface area (Å²) in [6, 6.07) is 10.9. The van der Waals surface area contributed by atoms with E-state index in [-0.39, 0.29) is 11.3 Å². The van der Waals surface area contributed by atoms with Gasteiger partial charge in [-0.25, -0.2) is 10.4 Å². The highest BCUT2D eigenvalue weighted by Gasteiger charge is 2.30. The molecule has 3 rings (SSSR count). The van der Waals surface area contributed by atoms with Gasteiger partial charge >= 0.3 is 6.18 Å².